The normalized spacial score (nSPS) is 14.4. The summed E-state index contributed by atoms with van der Waals surface area (Å²) in [5.41, 5.74) is 3.60. The summed E-state index contributed by atoms with van der Waals surface area (Å²) < 4.78 is 11.4. The fourth-order valence-electron chi connectivity index (χ4n) is 3.80. The van der Waals surface area contributed by atoms with Gasteiger partial charge in [0.15, 0.2) is 17.5 Å². The summed E-state index contributed by atoms with van der Waals surface area (Å²) in [4.78, 5) is 18.9. The van der Waals surface area contributed by atoms with Crippen molar-refractivity contribution in [2.24, 2.45) is 4.99 Å². The van der Waals surface area contributed by atoms with E-state index in [0.717, 1.165) is 30.0 Å². The Labute approximate surface area is 190 Å². The molecule has 1 heterocycles. The Balaban J connectivity index is 1.56. The van der Waals surface area contributed by atoms with E-state index in [9.17, 15) is 4.79 Å². The van der Waals surface area contributed by atoms with Gasteiger partial charge in [-0.25, -0.2) is 0 Å². The monoisotopic (exact) mass is 438 g/mol. The Kier molecular flexibility index (Phi) is 8.36. The number of hydrogen-bond acceptors (Lipinski definition) is 4. The molecule has 1 amide bonds. The van der Waals surface area contributed by atoms with Crippen LogP contribution >= 0.6 is 0 Å². The molecule has 0 saturated carbocycles. The zero-order valence-electron chi connectivity index (χ0n) is 19.5. The van der Waals surface area contributed by atoms with E-state index in [1.165, 1.54) is 11.1 Å². The third-order valence-corrected chi connectivity index (χ3v) is 5.53. The molecule has 172 valence electrons. The van der Waals surface area contributed by atoms with Crippen LogP contribution in [-0.2, 0) is 17.8 Å². The first kappa shape index (κ1) is 23.4. The maximum atomic E-state index is 12.7. The van der Waals surface area contributed by atoms with Crippen LogP contribution in [0.25, 0.3) is 0 Å². The molecule has 2 aromatic rings. The lowest BCUT2D eigenvalue weighted by molar-refractivity contribution is -0.130. The topological polar surface area (TPSA) is 75.2 Å². The van der Waals surface area contributed by atoms with E-state index in [0.29, 0.717) is 25.7 Å². The molecule has 0 saturated heterocycles. The fraction of sp³-hybridized carbons (Fsp3) is 0.440. The lowest BCUT2D eigenvalue weighted by atomic mass is 10.00. The number of ether oxygens (including phenoxy) is 2. The predicted molar refractivity (Wildman–Crippen MR) is 127 cm³/mol. The molecule has 0 aromatic heterocycles. The molecule has 0 radical (unpaired) electrons. The molecule has 0 spiro atoms. The molecule has 1 aliphatic heterocycles. The maximum absolute atomic E-state index is 12.7. The van der Waals surface area contributed by atoms with Crippen molar-refractivity contribution >= 4 is 11.9 Å². The van der Waals surface area contributed by atoms with Crippen LogP contribution in [-0.4, -0.2) is 50.1 Å². The van der Waals surface area contributed by atoms with E-state index in [-0.39, 0.29) is 18.5 Å². The van der Waals surface area contributed by atoms with Crippen LogP contribution in [0.2, 0.25) is 0 Å². The van der Waals surface area contributed by atoms with Crippen LogP contribution < -0.4 is 20.1 Å². The Morgan fingerprint density at radius 2 is 1.81 bits per heavy atom. The Hall–Kier alpha value is -3.22. The standard InChI is InChI=1S/C25H34N4O3/c1-5-31-22-12-11-20(15-23(22)32-6-2)18(3)28-25(26-4)27-16-24(30)29-14-13-19-9-7-8-10-21(19)17-29/h7-12,15,18H,5-6,13-14,16-17H2,1-4H3,(H2,26,27,28). The average Bonchev–Trinajstić information content (AvgIpc) is 2.82. The van der Waals surface area contributed by atoms with Gasteiger partial charge in [0.1, 0.15) is 0 Å². The SMILES string of the molecule is CCOc1ccc(C(C)NC(=NC)NCC(=O)N2CCc3ccccc3C2)cc1OCC. The minimum atomic E-state index is -0.0342. The van der Waals surface area contributed by atoms with Crippen LogP contribution in [0.3, 0.4) is 0 Å². The number of guanidine groups is 1. The summed E-state index contributed by atoms with van der Waals surface area (Å²) in [6.07, 6.45) is 0.895. The number of carbonyl (C=O) groups is 1. The number of rotatable bonds is 8. The van der Waals surface area contributed by atoms with Gasteiger partial charge in [0.2, 0.25) is 5.91 Å². The van der Waals surface area contributed by atoms with Crippen molar-refractivity contribution in [3.63, 3.8) is 0 Å². The predicted octanol–water partition coefficient (Wildman–Crippen LogP) is 3.29. The summed E-state index contributed by atoms with van der Waals surface area (Å²) in [6, 6.07) is 14.2. The molecular weight excluding hydrogens is 404 g/mol. The highest BCUT2D eigenvalue weighted by molar-refractivity contribution is 5.86. The molecule has 2 N–H and O–H groups in total. The summed E-state index contributed by atoms with van der Waals surface area (Å²) in [7, 11) is 1.70. The van der Waals surface area contributed by atoms with Gasteiger partial charge in [-0.3, -0.25) is 9.79 Å². The number of benzene rings is 2. The van der Waals surface area contributed by atoms with Crippen LogP contribution in [0.4, 0.5) is 0 Å². The summed E-state index contributed by atoms with van der Waals surface area (Å²) >= 11 is 0. The highest BCUT2D eigenvalue weighted by Crippen LogP contribution is 2.30. The van der Waals surface area contributed by atoms with Gasteiger partial charge in [0.05, 0.1) is 25.8 Å². The maximum Gasteiger partial charge on any atom is 0.242 e. The van der Waals surface area contributed by atoms with Gasteiger partial charge in [0.25, 0.3) is 0 Å². The van der Waals surface area contributed by atoms with Gasteiger partial charge in [-0.2, -0.15) is 0 Å². The number of fused-ring (bicyclic) bond motifs is 1. The Morgan fingerprint density at radius 3 is 2.53 bits per heavy atom. The summed E-state index contributed by atoms with van der Waals surface area (Å²) in [6.45, 7) is 8.70. The largest absolute Gasteiger partial charge is 0.490 e. The molecule has 0 fully saturated rings. The van der Waals surface area contributed by atoms with Crippen LogP contribution in [0, 0.1) is 0 Å². The van der Waals surface area contributed by atoms with Gasteiger partial charge in [-0.1, -0.05) is 30.3 Å². The van der Waals surface area contributed by atoms with E-state index < -0.39 is 0 Å². The van der Waals surface area contributed by atoms with Crippen LogP contribution in [0.5, 0.6) is 11.5 Å². The van der Waals surface area contributed by atoms with Crippen molar-refractivity contribution in [3.05, 3.63) is 59.2 Å². The number of amides is 1. The molecule has 7 heteroatoms. The number of nitrogens with zero attached hydrogens (tertiary/aromatic N) is 2. The molecule has 2 aromatic carbocycles. The van der Waals surface area contributed by atoms with E-state index in [2.05, 4.69) is 33.8 Å². The molecular formula is C25H34N4O3. The molecule has 1 unspecified atom stereocenters. The minimum absolute atomic E-state index is 0.0342. The fourth-order valence-corrected chi connectivity index (χ4v) is 3.80. The van der Waals surface area contributed by atoms with Crippen molar-refractivity contribution in [1.29, 1.82) is 0 Å². The van der Waals surface area contributed by atoms with Gasteiger partial charge < -0.3 is 25.0 Å². The van der Waals surface area contributed by atoms with Gasteiger partial charge in [-0.05, 0) is 56.0 Å². The van der Waals surface area contributed by atoms with Crippen LogP contribution in [0.15, 0.2) is 47.5 Å². The third kappa shape index (κ3) is 5.93. The smallest absolute Gasteiger partial charge is 0.242 e. The van der Waals surface area contributed by atoms with Crippen molar-refractivity contribution in [3.8, 4) is 11.5 Å². The zero-order chi connectivity index (χ0) is 22.9. The summed E-state index contributed by atoms with van der Waals surface area (Å²) in [5, 5.41) is 6.50. The Bertz CT molecular complexity index is 945. The van der Waals surface area contributed by atoms with Crippen LogP contribution in [0.1, 0.15) is 43.5 Å². The summed E-state index contributed by atoms with van der Waals surface area (Å²) in [5.74, 6) is 2.11. The number of nitrogens with one attached hydrogen (secondary N) is 2. The highest BCUT2D eigenvalue weighted by Gasteiger charge is 2.20. The molecule has 0 bridgehead atoms. The third-order valence-electron chi connectivity index (χ3n) is 5.53. The molecule has 1 aliphatic rings. The van der Waals surface area contributed by atoms with Crippen molar-refractivity contribution in [2.75, 3.05) is 33.4 Å². The highest BCUT2D eigenvalue weighted by atomic mass is 16.5. The van der Waals surface area contributed by atoms with E-state index in [4.69, 9.17) is 9.47 Å². The van der Waals surface area contributed by atoms with E-state index >= 15 is 0 Å². The first-order valence-corrected chi connectivity index (χ1v) is 11.3. The van der Waals surface area contributed by atoms with E-state index in [1.54, 1.807) is 7.05 Å². The van der Waals surface area contributed by atoms with Gasteiger partial charge >= 0.3 is 0 Å². The molecule has 1 atom stereocenters. The van der Waals surface area contributed by atoms with Crippen molar-refractivity contribution in [2.45, 2.75) is 39.8 Å². The second-order valence-electron chi connectivity index (χ2n) is 7.70. The second-order valence-corrected chi connectivity index (χ2v) is 7.70. The van der Waals surface area contributed by atoms with Crippen molar-refractivity contribution in [1.82, 2.24) is 15.5 Å². The molecule has 0 aliphatic carbocycles. The number of aliphatic imine (C=N–C) groups is 1. The second kappa shape index (κ2) is 11.4. The van der Waals surface area contributed by atoms with Gasteiger partial charge in [0, 0.05) is 20.1 Å². The lowest BCUT2D eigenvalue weighted by Gasteiger charge is -2.29. The minimum Gasteiger partial charge on any atom is -0.490 e. The zero-order valence-corrected chi connectivity index (χ0v) is 19.5. The first-order valence-electron chi connectivity index (χ1n) is 11.3. The lowest BCUT2D eigenvalue weighted by Crippen LogP contribution is -2.46. The Morgan fingerprint density at radius 1 is 1.09 bits per heavy atom. The first-order chi connectivity index (χ1) is 15.5. The van der Waals surface area contributed by atoms with Crippen molar-refractivity contribution < 1.29 is 14.3 Å². The van der Waals surface area contributed by atoms with Gasteiger partial charge in [-0.15, -0.1) is 0 Å². The number of hydrogen-bond donors (Lipinski definition) is 2. The number of carbonyl (C=O) groups excluding carboxylic acids is 1. The molecule has 3 rings (SSSR count). The molecule has 32 heavy (non-hydrogen) atoms. The molecule has 7 nitrogen and oxygen atoms in total. The average molecular weight is 439 g/mol. The quantitative estimate of drug-likeness (QED) is 0.489. The van der Waals surface area contributed by atoms with E-state index in [1.807, 2.05) is 49.9 Å².